The van der Waals surface area contributed by atoms with E-state index >= 15 is 0 Å². The van der Waals surface area contributed by atoms with Crippen molar-refractivity contribution in [3.05, 3.63) is 58.0 Å². The van der Waals surface area contributed by atoms with Crippen LogP contribution in [-0.4, -0.2) is 24.6 Å². The smallest absolute Gasteiger partial charge is 0.342 e. The predicted molar refractivity (Wildman–Crippen MR) is 68.1 cm³/mol. The highest BCUT2D eigenvalue weighted by molar-refractivity contribution is 6.29. The summed E-state index contributed by atoms with van der Waals surface area (Å²) in [5.74, 6) is -1.36. The molecular formula is C15H10O5. The lowest BCUT2D eigenvalue weighted by Crippen LogP contribution is -2.21. The van der Waals surface area contributed by atoms with Gasteiger partial charge in [-0.05, 0) is 6.92 Å². The number of aryl methyl sites for hydroxylation is 1. The van der Waals surface area contributed by atoms with Gasteiger partial charge in [-0.25, -0.2) is 4.79 Å². The van der Waals surface area contributed by atoms with E-state index in [2.05, 4.69) is 4.74 Å². The van der Waals surface area contributed by atoms with Crippen LogP contribution in [0.25, 0.3) is 0 Å². The van der Waals surface area contributed by atoms with Crippen molar-refractivity contribution in [2.75, 3.05) is 7.11 Å². The van der Waals surface area contributed by atoms with Gasteiger partial charge in [0.1, 0.15) is 11.3 Å². The minimum atomic E-state index is -0.687. The maximum absolute atomic E-state index is 12.5. The van der Waals surface area contributed by atoms with Gasteiger partial charge in [-0.15, -0.1) is 0 Å². The van der Waals surface area contributed by atoms with E-state index in [0.29, 0.717) is 0 Å². The van der Waals surface area contributed by atoms with Gasteiger partial charge in [0.2, 0.25) is 5.78 Å². The number of carbonyl (C=O) groups is 3. The summed E-state index contributed by atoms with van der Waals surface area (Å²) >= 11 is 0. The molecule has 0 aliphatic heterocycles. The van der Waals surface area contributed by atoms with Crippen molar-refractivity contribution in [3.8, 4) is 0 Å². The van der Waals surface area contributed by atoms with E-state index in [4.69, 9.17) is 4.42 Å². The highest BCUT2D eigenvalue weighted by Crippen LogP contribution is 2.33. The van der Waals surface area contributed by atoms with Crippen LogP contribution in [-0.2, 0) is 4.74 Å². The summed E-state index contributed by atoms with van der Waals surface area (Å²) in [6.45, 7) is 1.52. The molecule has 2 aromatic rings. The number of esters is 1. The van der Waals surface area contributed by atoms with Crippen LogP contribution in [0.1, 0.15) is 48.2 Å². The van der Waals surface area contributed by atoms with Gasteiger partial charge >= 0.3 is 5.97 Å². The first-order valence-electron chi connectivity index (χ1n) is 5.96. The Balaban J connectivity index is 2.32. The van der Waals surface area contributed by atoms with Crippen molar-refractivity contribution in [1.29, 1.82) is 0 Å². The maximum Gasteiger partial charge on any atom is 0.342 e. The van der Waals surface area contributed by atoms with Crippen LogP contribution in [0.4, 0.5) is 0 Å². The second-order valence-corrected chi connectivity index (χ2v) is 4.43. The normalized spacial score (nSPS) is 12.9. The van der Waals surface area contributed by atoms with Crippen molar-refractivity contribution >= 4 is 17.5 Å². The Hall–Kier alpha value is -2.69. The molecule has 0 amide bonds. The molecule has 0 fully saturated rings. The Kier molecular flexibility index (Phi) is 2.57. The molecule has 1 aromatic carbocycles. The molecule has 0 radical (unpaired) electrons. The van der Waals surface area contributed by atoms with E-state index in [9.17, 15) is 14.4 Å². The van der Waals surface area contributed by atoms with Crippen molar-refractivity contribution in [1.82, 2.24) is 0 Å². The Morgan fingerprint density at radius 1 is 1.10 bits per heavy atom. The summed E-state index contributed by atoms with van der Waals surface area (Å²) in [5, 5.41) is 0. The lowest BCUT2D eigenvalue weighted by atomic mass is 9.86. The number of hydrogen-bond donors (Lipinski definition) is 0. The number of benzene rings is 1. The fourth-order valence-corrected chi connectivity index (χ4v) is 2.41. The molecule has 0 saturated carbocycles. The van der Waals surface area contributed by atoms with Crippen LogP contribution in [0.3, 0.4) is 0 Å². The van der Waals surface area contributed by atoms with Crippen LogP contribution in [0, 0.1) is 6.92 Å². The topological polar surface area (TPSA) is 73.6 Å². The molecule has 5 heteroatoms. The third kappa shape index (κ3) is 1.46. The Bertz CT molecular complexity index is 767. The van der Waals surface area contributed by atoms with E-state index in [0.717, 1.165) is 0 Å². The van der Waals surface area contributed by atoms with Crippen molar-refractivity contribution in [2.45, 2.75) is 6.92 Å². The van der Waals surface area contributed by atoms with Gasteiger partial charge in [0, 0.05) is 11.1 Å². The number of fused-ring (bicyclic) bond motifs is 2. The lowest BCUT2D eigenvalue weighted by molar-refractivity contribution is 0.0596. The third-order valence-corrected chi connectivity index (χ3v) is 3.32. The first kappa shape index (κ1) is 12.3. The van der Waals surface area contributed by atoms with Crippen LogP contribution in [0.2, 0.25) is 0 Å². The molecule has 0 bridgehead atoms. The number of methoxy groups -OCH3 is 1. The summed E-state index contributed by atoms with van der Waals surface area (Å²) < 4.78 is 9.98. The lowest BCUT2D eigenvalue weighted by Gasteiger charge is -2.13. The SMILES string of the molecule is COC(=O)c1c(C)oc2c1C(=O)c1ccccc1C2=O. The monoisotopic (exact) mass is 270 g/mol. The molecule has 1 heterocycles. The van der Waals surface area contributed by atoms with Gasteiger partial charge in [0.15, 0.2) is 11.5 Å². The van der Waals surface area contributed by atoms with Crippen molar-refractivity contribution in [3.63, 3.8) is 0 Å². The van der Waals surface area contributed by atoms with Gasteiger partial charge in [0.25, 0.3) is 0 Å². The number of ketones is 2. The zero-order valence-corrected chi connectivity index (χ0v) is 10.9. The minimum absolute atomic E-state index is 0.00181. The van der Waals surface area contributed by atoms with Gasteiger partial charge < -0.3 is 9.15 Å². The largest absolute Gasteiger partial charge is 0.465 e. The summed E-state index contributed by atoms with van der Waals surface area (Å²) in [6.07, 6.45) is 0. The molecule has 1 aliphatic rings. The molecule has 0 N–H and O–H groups in total. The van der Waals surface area contributed by atoms with E-state index in [-0.39, 0.29) is 33.8 Å². The number of hydrogen-bond acceptors (Lipinski definition) is 5. The fraction of sp³-hybridized carbons (Fsp3) is 0.133. The average Bonchev–Trinajstić information content (AvgIpc) is 2.82. The van der Waals surface area contributed by atoms with Gasteiger partial charge in [0.05, 0.1) is 12.7 Å². The van der Waals surface area contributed by atoms with Gasteiger partial charge in [-0.1, -0.05) is 24.3 Å². The highest BCUT2D eigenvalue weighted by Gasteiger charge is 2.38. The molecule has 1 aliphatic carbocycles. The first-order chi connectivity index (χ1) is 9.56. The standard InChI is InChI=1S/C15H10O5/c1-7-10(15(18)19-2)11-12(16)8-5-3-4-6-9(8)13(17)14(11)20-7/h3-6H,1-2H3. The van der Waals surface area contributed by atoms with E-state index in [1.165, 1.54) is 14.0 Å². The molecule has 0 unspecified atom stereocenters. The molecular weight excluding hydrogens is 260 g/mol. The Morgan fingerprint density at radius 2 is 1.70 bits per heavy atom. The predicted octanol–water partition coefficient (Wildman–Crippen LogP) is 2.15. The molecule has 0 atom stereocenters. The zero-order chi connectivity index (χ0) is 14.4. The highest BCUT2D eigenvalue weighted by atomic mass is 16.5. The van der Waals surface area contributed by atoms with Crippen LogP contribution >= 0.6 is 0 Å². The number of carbonyl (C=O) groups excluding carboxylic acids is 3. The fourth-order valence-electron chi connectivity index (χ4n) is 2.41. The molecule has 0 spiro atoms. The summed E-state index contributed by atoms with van der Waals surface area (Å²) in [6, 6.07) is 6.46. The second kappa shape index (κ2) is 4.16. The summed E-state index contributed by atoms with van der Waals surface area (Å²) in [4.78, 5) is 36.6. The van der Waals surface area contributed by atoms with E-state index in [1.54, 1.807) is 24.3 Å². The second-order valence-electron chi connectivity index (χ2n) is 4.43. The zero-order valence-electron chi connectivity index (χ0n) is 10.9. The molecule has 0 saturated heterocycles. The molecule has 1 aromatic heterocycles. The molecule has 5 nitrogen and oxygen atoms in total. The third-order valence-electron chi connectivity index (χ3n) is 3.32. The molecule has 3 rings (SSSR count). The first-order valence-corrected chi connectivity index (χ1v) is 5.96. The minimum Gasteiger partial charge on any atom is -0.465 e. The Morgan fingerprint density at radius 3 is 2.30 bits per heavy atom. The summed E-state index contributed by atoms with van der Waals surface area (Å²) in [7, 11) is 1.21. The van der Waals surface area contributed by atoms with Crippen molar-refractivity contribution < 1.29 is 23.5 Å². The van der Waals surface area contributed by atoms with Crippen LogP contribution in [0.15, 0.2) is 28.7 Å². The maximum atomic E-state index is 12.5. The van der Waals surface area contributed by atoms with Crippen LogP contribution < -0.4 is 0 Å². The number of ether oxygens (including phenoxy) is 1. The average molecular weight is 270 g/mol. The Labute approximate surface area is 114 Å². The molecule has 100 valence electrons. The van der Waals surface area contributed by atoms with E-state index < -0.39 is 17.5 Å². The van der Waals surface area contributed by atoms with E-state index in [1.807, 2.05) is 0 Å². The van der Waals surface area contributed by atoms with Gasteiger partial charge in [-0.2, -0.15) is 0 Å². The van der Waals surface area contributed by atoms with Crippen molar-refractivity contribution in [2.24, 2.45) is 0 Å². The molecule has 20 heavy (non-hydrogen) atoms. The quantitative estimate of drug-likeness (QED) is 0.633. The summed E-state index contributed by atoms with van der Waals surface area (Å²) in [5.41, 5.74) is 0.583. The number of furan rings is 1. The number of rotatable bonds is 1. The van der Waals surface area contributed by atoms with Crippen LogP contribution in [0.5, 0.6) is 0 Å². The van der Waals surface area contributed by atoms with Gasteiger partial charge in [-0.3, -0.25) is 9.59 Å².